The Labute approximate surface area is 137 Å². The molecule has 2 rings (SSSR count). The lowest BCUT2D eigenvalue weighted by Crippen LogP contribution is -2.52. The third kappa shape index (κ3) is 4.81. The average Bonchev–Trinajstić information content (AvgIpc) is 2.55. The fourth-order valence-corrected chi connectivity index (χ4v) is 2.77. The molecule has 0 unspecified atom stereocenters. The number of hydrogen-bond acceptors (Lipinski definition) is 3. The van der Waals surface area contributed by atoms with E-state index in [2.05, 4.69) is 15.1 Å². The zero-order chi connectivity index (χ0) is 15.8. The highest BCUT2D eigenvalue weighted by Crippen LogP contribution is 2.20. The summed E-state index contributed by atoms with van der Waals surface area (Å²) in [6, 6.07) is 6.92. The van der Waals surface area contributed by atoms with Crippen molar-refractivity contribution in [2.45, 2.75) is 13.3 Å². The Balaban J connectivity index is 1.72. The monoisotopic (exact) mass is 325 g/mol. The molecule has 22 heavy (non-hydrogen) atoms. The molecular weight excluding hydrogens is 301 g/mol. The molecule has 0 saturated carbocycles. The molecule has 4 nitrogen and oxygen atoms in total. The quantitative estimate of drug-likeness (QED) is 0.640. The van der Waals surface area contributed by atoms with Crippen LogP contribution in [0.5, 0.6) is 0 Å². The maximum absolute atomic E-state index is 13.8. The van der Waals surface area contributed by atoms with Crippen molar-refractivity contribution in [2.75, 3.05) is 50.8 Å². The normalized spacial score (nSPS) is 15.0. The summed E-state index contributed by atoms with van der Waals surface area (Å²) in [6.07, 6.45) is 0.948. The van der Waals surface area contributed by atoms with Gasteiger partial charge in [0.2, 0.25) is 0 Å². The lowest BCUT2D eigenvalue weighted by molar-refractivity contribution is 0.145. The molecule has 0 amide bonds. The molecule has 122 valence electrons. The van der Waals surface area contributed by atoms with Crippen LogP contribution >= 0.6 is 12.2 Å². The molecule has 0 spiro atoms. The second-order valence-electron chi connectivity index (χ2n) is 5.21. The maximum Gasteiger partial charge on any atom is 0.169 e. The molecule has 1 saturated heterocycles. The molecule has 6 heteroatoms. The molecule has 1 aliphatic heterocycles. The first kappa shape index (κ1) is 17.0. The minimum Gasteiger partial charge on any atom is -0.382 e. The lowest BCUT2D eigenvalue weighted by atomic mass is 10.2. The van der Waals surface area contributed by atoms with Gasteiger partial charge in [-0.15, -0.1) is 0 Å². The highest BCUT2D eigenvalue weighted by molar-refractivity contribution is 7.80. The van der Waals surface area contributed by atoms with Crippen LogP contribution in [0.15, 0.2) is 24.3 Å². The van der Waals surface area contributed by atoms with Crippen LogP contribution in [0.4, 0.5) is 10.1 Å². The van der Waals surface area contributed by atoms with E-state index in [-0.39, 0.29) is 5.82 Å². The molecule has 1 aromatic carbocycles. The largest absolute Gasteiger partial charge is 0.382 e. The summed E-state index contributed by atoms with van der Waals surface area (Å²) in [7, 11) is 0. The number of ether oxygens (including phenoxy) is 1. The average molecular weight is 325 g/mol. The summed E-state index contributed by atoms with van der Waals surface area (Å²) < 4.78 is 19.1. The van der Waals surface area contributed by atoms with Gasteiger partial charge in [-0.2, -0.15) is 0 Å². The van der Waals surface area contributed by atoms with Crippen molar-refractivity contribution >= 4 is 23.0 Å². The first-order valence-corrected chi connectivity index (χ1v) is 8.23. The number of hydrogen-bond donors (Lipinski definition) is 1. The number of benzene rings is 1. The highest BCUT2D eigenvalue weighted by Gasteiger charge is 2.20. The number of rotatable bonds is 6. The predicted molar refractivity (Wildman–Crippen MR) is 91.9 cm³/mol. The molecule has 0 bridgehead atoms. The molecule has 0 radical (unpaired) electrons. The van der Waals surface area contributed by atoms with E-state index in [9.17, 15) is 4.39 Å². The van der Waals surface area contributed by atoms with E-state index in [0.717, 1.165) is 57.5 Å². The predicted octanol–water partition coefficient (Wildman–Crippen LogP) is 2.25. The third-order valence-corrected chi connectivity index (χ3v) is 4.11. The summed E-state index contributed by atoms with van der Waals surface area (Å²) in [6.45, 7) is 7.51. The van der Waals surface area contributed by atoms with E-state index in [1.54, 1.807) is 6.07 Å². The maximum atomic E-state index is 13.8. The van der Waals surface area contributed by atoms with Crippen molar-refractivity contribution in [3.05, 3.63) is 30.1 Å². The van der Waals surface area contributed by atoms with Crippen molar-refractivity contribution in [1.29, 1.82) is 0 Å². The van der Waals surface area contributed by atoms with E-state index < -0.39 is 0 Å². The molecule has 1 fully saturated rings. The number of para-hydroxylation sites is 1. The van der Waals surface area contributed by atoms with Gasteiger partial charge < -0.3 is 19.9 Å². The molecule has 0 atom stereocenters. The van der Waals surface area contributed by atoms with Crippen LogP contribution in [0, 0.1) is 5.82 Å². The van der Waals surface area contributed by atoms with Crippen LogP contribution in [0.25, 0.3) is 0 Å². The zero-order valence-corrected chi connectivity index (χ0v) is 13.9. The summed E-state index contributed by atoms with van der Waals surface area (Å²) in [5.41, 5.74) is 0.678. The summed E-state index contributed by atoms with van der Waals surface area (Å²) >= 11 is 5.41. The molecule has 1 aromatic rings. The molecule has 1 N–H and O–H groups in total. The zero-order valence-electron chi connectivity index (χ0n) is 13.1. The van der Waals surface area contributed by atoms with E-state index in [0.29, 0.717) is 5.69 Å². The number of anilines is 1. The van der Waals surface area contributed by atoms with Gasteiger partial charge in [-0.3, -0.25) is 0 Å². The van der Waals surface area contributed by atoms with Crippen LogP contribution in [0.1, 0.15) is 13.3 Å². The standard InChI is InChI=1S/C16H24FN3OS/c1-2-21-13-5-8-18-16(22)20-11-9-19(10-12-20)15-7-4-3-6-14(15)17/h3-4,6-7H,2,5,8-13H2,1H3,(H,18,22). The van der Waals surface area contributed by atoms with Crippen LogP contribution < -0.4 is 10.2 Å². The fraction of sp³-hybridized carbons (Fsp3) is 0.562. The summed E-state index contributed by atoms with van der Waals surface area (Å²) in [5.74, 6) is -0.160. The van der Waals surface area contributed by atoms with Crippen LogP contribution in [0.3, 0.4) is 0 Å². The fourth-order valence-electron chi connectivity index (χ4n) is 2.48. The van der Waals surface area contributed by atoms with E-state index in [1.807, 2.05) is 19.1 Å². The summed E-state index contributed by atoms with van der Waals surface area (Å²) in [5, 5.41) is 4.04. The molecule has 0 aromatic heterocycles. The van der Waals surface area contributed by atoms with Crippen molar-refractivity contribution in [2.24, 2.45) is 0 Å². The number of piperazine rings is 1. The smallest absolute Gasteiger partial charge is 0.169 e. The van der Waals surface area contributed by atoms with Crippen molar-refractivity contribution < 1.29 is 9.13 Å². The van der Waals surface area contributed by atoms with Crippen LogP contribution in [-0.4, -0.2) is 55.9 Å². The van der Waals surface area contributed by atoms with Gasteiger partial charge in [-0.25, -0.2) is 4.39 Å². The van der Waals surface area contributed by atoms with E-state index in [4.69, 9.17) is 17.0 Å². The van der Waals surface area contributed by atoms with Gasteiger partial charge in [0.05, 0.1) is 5.69 Å². The second-order valence-corrected chi connectivity index (χ2v) is 5.59. The molecule has 0 aliphatic carbocycles. The van der Waals surface area contributed by atoms with Crippen molar-refractivity contribution in [1.82, 2.24) is 10.2 Å². The van der Waals surface area contributed by atoms with Gasteiger partial charge in [0, 0.05) is 45.9 Å². The third-order valence-electron chi connectivity index (χ3n) is 3.71. The first-order chi connectivity index (χ1) is 10.7. The molecule has 1 aliphatic rings. The SMILES string of the molecule is CCOCCCNC(=S)N1CCN(c2ccccc2F)CC1. The van der Waals surface area contributed by atoms with Gasteiger partial charge in [-0.1, -0.05) is 12.1 Å². The Morgan fingerprint density at radius 2 is 2.00 bits per heavy atom. The topological polar surface area (TPSA) is 27.7 Å². The Bertz CT molecular complexity index is 478. The van der Waals surface area contributed by atoms with E-state index in [1.165, 1.54) is 6.07 Å². The minimum absolute atomic E-state index is 0.160. The number of nitrogens with zero attached hydrogens (tertiary/aromatic N) is 2. The van der Waals surface area contributed by atoms with Crippen molar-refractivity contribution in [3.63, 3.8) is 0 Å². The first-order valence-electron chi connectivity index (χ1n) is 7.82. The Hall–Kier alpha value is -1.40. The Morgan fingerprint density at radius 3 is 2.68 bits per heavy atom. The Morgan fingerprint density at radius 1 is 1.27 bits per heavy atom. The van der Waals surface area contributed by atoms with Gasteiger partial charge >= 0.3 is 0 Å². The summed E-state index contributed by atoms with van der Waals surface area (Å²) in [4.78, 5) is 4.22. The van der Waals surface area contributed by atoms with Gasteiger partial charge in [0.25, 0.3) is 0 Å². The van der Waals surface area contributed by atoms with Crippen LogP contribution in [-0.2, 0) is 4.74 Å². The number of nitrogens with one attached hydrogen (secondary N) is 1. The Kier molecular flexibility index (Phi) is 6.86. The van der Waals surface area contributed by atoms with Crippen molar-refractivity contribution in [3.8, 4) is 0 Å². The van der Waals surface area contributed by atoms with Gasteiger partial charge in [-0.05, 0) is 37.7 Å². The van der Waals surface area contributed by atoms with Gasteiger partial charge in [0.15, 0.2) is 5.11 Å². The lowest BCUT2D eigenvalue weighted by Gasteiger charge is -2.37. The van der Waals surface area contributed by atoms with Gasteiger partial charge in [0.1, 0.15) is 5.82 Å². The number of thiocarbonyl (C=S) groups is 1. The second kappa shape index (κ2) is 8.90. The molecular formula is C16H24FN3OS. The molecule has 1 heterocycles. The highest BCUT2D eigenvalue weighted by atomic mass is 32.1. The number of halogens is 1. The minimum atomic E-state index is -0.160. The van der Waals surface area contributed by atoms with Crippen LogP contribution in [0.2, 0.25) is 0 Å². The van der Waals surface area contributed by atoms with E-state index >= 15 is 0 Å².